The molecule has 1 saturated heterocycles. The summed E-state index contributed by atoms with van der Waals surface area (Å²) in [7, 11) is -3.58. The molecule has 0 atom stereocenters. The van der Waals surface area contributed by atoms with Crippen molar-refractivity contribution in [2.24, 2.45) is 0 Å². The third-order valence-corrected chi connectivity index (χ3v) is 6.92. The molecule has 1 N–H and O–H groups in total. The lowest BCUT2D eigenvalue weighted by molar-refractivity contribution is 0.0595. The van der Waals surface area contributed by atoms with Gasteiger partial charge in [-0.1, -0.05) is 18.9 Å². The Balaban J connectivity index is 1.69. The van der Waals surface area contributed by atoms with Crippen LogP contribution in [-0.4, -0.2) is 62.4 Å². The van der Waals surface area contributed by atoms with Gasteiger partial charge >= 0.3 is 0 Å². The highest BCUT2D eigenvalue weighted by atomic mass is 32.2. The van der Waals surface area contributed by atoms with E-state index in [4.69, 9.17) is 0 Å². The molecule has 2 aliphatic rings. The normalized spacial score (nSPS) is 20.0. The lowest BCUT2D eigenvalue weighted by Gasteiger charge is -2.37. The van der Waals surface area contributed by atoms with Crippen molar-refractivity contribution in [2.75, 3.05) is 26.2 Å². The Bertz CT molecular complexity index is 734. The average Bonchev–Trinajstić information content (AvgIpc) is 3.13. The van der Waals surface area contributed by atoms with E-state index >= 15 is 0 Å². The Morgan fingerprint density at radius 3 is 2.38 bits per heavy atom. The fourth-order valence-corrected chi connectivity index (χ4v) is 5.10. The maximum atomic E-state index is 12.8. The van der Waals surface area contributed by atoms with E-state index in [9.17, 15) is 13.2 Å². The summed E-state index contributed by atoms with van der Waals surface area (Å²) in [6.07, 6.45) is 3.90. The molecular formula is C19H29N3O3S. The second-order valence-electron chi connectivity index (χ2n) is 7.55. The predicted octanol–water partition coefficient (Wildman–Crippen LogP) is 2.07. The van der Waals surface area contributed by atoms with E-state index < -0.39 is 10.0 Å². The first-order valence-corrected chi connectivity index (χ1v) is 11.0. The van der Waals surface area contributed by atoms with Gasteiger partial charge in [0.25, 0.3) is 5.91 Å². The van der Waals surface area contributed by atoms with E-state index in [1.165, 1.54) is 6.07 Å². The number of nitrogens with zero attached hydrogens (tertiary/aromatic N) is 2. The number of sulfonamides is 1. The molecule has 0 radical (unpaired) electrons. The van der Waals surface area contributed by atoms with Gasteiger partial charge in [-0.3, -0.25) is 9.69 Å². The van der Waals surface area contributed by atoms with Gasteiger partial charge in [0.2, 0.25) is 10.0 Å². The van der Waals surface area contributed by atoms with Crippen LogP contribution in [0.25, 0.3) is 0 Å². The first-order chi connectivity index (χ1) is 12.4. The molecule has 1 aliphatic heterocycles. The zero-order chi connectivity index (χ0) is 18.7. The van der Waals surface area contributed by atoms with E-state index in [-0.39, 0.29) is 16.8 Å². The first-order valence-electron chi connectivity index (χ1n) is 9.52. The van der Waals surface area contributed by atoms with Crippen LogP contribution in [0.3, 0.4) is 0 Å². The Morgan fingerprint density at radius 1 is 1.12 bits per heavy atom. The van der Waals surface area contributed by atoms with E-state index in [2.05, 4.69) is 23.5 Å². The molecule has 1 aromatic rings. The minimum absolute atomic E-state index is 0.0171. The number of carbonyl (C=O) groups excluding carboxylic acids is 1. The molecule has 0 spiro atoms. The molecule has 144 valence electrons. The molecule has 1 aromatic carbocycles. The SMILES string of the molecule is CC(C)N1CCN(C(=O)c2cccc(S(=O)(=O)NC3CCCC3)c2)CC1. The summed E-state index contributed by atoms with van der Waals surface area (Å²) < 4.78 is 28.0. The van der Waals surface area contributed by atoms with Gasteiger partial charge in [-0.05, 0) is 44.9 Å². The molecular weight excluding hydrogens is 350 g/mol. The van der Waals surface area contributed by atoms with E-state index in [0.717, 1.165) is 38.8 Å². The Kier molecular flexibility index (Phi) is 5.99. The van der Waals surface area contributed by atoms with Gasteiger partial charge in [0.1, 0.15) is 0 Å². The Labute approximate surface area is 156 Å². The molecule has 1 saturated carbocycles. The second kappa shape index (κ2) is 8.06. The van der Waals surface area contributed by atoms with Gasteiger partial charge in [-0.25, -0.2) is 13.1 Å². The molecule has 6 nitrogen and oxygen atoms in total. The number of amides is 1. The molecule has 0 bridgehead atoms. The van der Waals surface area contributed by atoms with Gasteiger partial charge in [0, 0.05) is 43.8 Å². The van der Waals surface area contributed by atoms with Crippen LogP contribution in [0.15, 0.2) is 29.2 Å². The molecule has 7 heteroatoms. The topological polar surface area (TPSA) is 69.7 Å². The second-order valence-corrected chi connectivity index (χ2v) is 9.27. The van der Waals surface area contributed by atoms with Crippen LogP contribution in [0.1, 0.15) is 49.9 Å². The van der Waals surface area contributed by atoms with Crippen molar-refractivity contribution in [3.05, 3.63) is 29.8 Å². The molecule has 26 heavy (non-hydrogen) atoms. The Hall–Kier alpha value is -1.44. The molecule has 1 amide bonds. The van der Waals surface area contributed by atoms with E-state index in [0.29, 0.717) is 24.7 Å². The number of nitrogens with one attached hydrogen (secondary N) is 1. The highest BCUT2D eigenvalue weighted by molar-refractivity contribution is 7.89. The average molecular weight is 380 g/mol. The molecule has 1 heterocycles. The molecule has 2 fully saturated rings. The fourth-order valence-electron chi connectivity index (χ4n) is 3.75. The summed E-state index contributed by atoms with van der Waals surface area (Å²) >= 11 is 0. The number of benzene rings is 1. The standard InChI is InChI=1S/C19H29N3O3S/c1-15(2)21-10-12-22(13-11-21)19(23)16-6-5-9-18(14-16)26(24,25)20-17-7-3-4-8-17/h5-6,9,14-15,17,20H,3-4,7-8,10-13H2,1-2H3. The highest BCUT2D eigenvalue weighted by Gasteiger charge is 2.26. The molecule has 3 rings (SSSR count). The van der Waals surface area contributed by atoms with Gasteiger partial charge in [0.15, 0.2) is 0 Å². The maximum Gasteiger partial charge on any atom is 0.253 e. The number of hydrogen-bond donors (Lipinski definition) is 1. The van der Waals surface area contributed by atoms with Crippen LogP contribution in [0.2, 0.25) is 0 Å². The minimum Gasteiger partial charge on any atom is -0.336 e. The smallest absolute Gasteiger partial charge is 0.253 e. The first kappa shape index (κ1) is 19.3. The van der Waals surface area contributed by atoms with Crippen molar-refractivity contribution in [1.29, 1.82) is 0 Å². The number of piperazine rings is 1. The van der Waals surface area contributed by atoms with Crippen LogP contribution in [0.4, 0.5) is 0 Å². The van der Waals surface area contributed by atoms with Gasteiger partial charge in [0.05, 0.1) is 4.90 Å². The van der Waals surface area contributed by atoms with Crippen LogP contribution in [-0.2, 0) is 10.0 Å². The molecule has 0 unspecified atom stereocenters. The number of hydrogen-bond acceptors (Lipinski definition) is 4. The minimum atomic E-state index is -3.58. The monoisotopic (exact) mass is 379 g/mol. The lowest BCUT2D eigenvalue weighted by Crippen LogP contribution is -2.50. The van der Waals surface area contributed by atoms with Crippen molar-refractivity contribution < 1.29 is 13.2 Å². The van der Waals surface area contributed by atoms with Crippen molar-refractivity contribution in [3.63, 3.8) is 0 Å². The number of carbonyl (C=O) groups is 1. The summed E-state index contributed by atoms with van der Waals surface area (Å²) in [5.41, 5.74) is 0.442. The molecule has 0 aromatic heterocycles. The Morgan fingerprint density at radius 2 is 1.77 bits per heavy atom. The van der Waals surface area contributed by atoms with Crippen LogP contribution in [0.5, 0.6) is 0 Å². The highest BCUT2D eigenvalue weighted by Crippen LogP contribution is 2.21. The third-order valence-electron chi connectivity index (χ3n) is 5.40. The lowest BCUT2D eigenvalue weighted by atomic mass is 10.1. The largest absolute Gasteiger partial charge is 0.336 e. The third kappa shape index (κ3) is 4.45. The summed E-state index contributed by atoms with van der Waals surface area (Å²) in [6, 6.07) is 6.91. The predicted molar refractivity (Wildman–Crippen MR) is 102 cm³/mol. The summed E-state index contributed by atoms with van der Waals surface area (Å²) in [4.78, 5) is 17.1. The van der Waals surface area contributed by atoms with Crippen LogP contribution in [0, 0.1) is 0 Å². The quantitative estimate of drug-likeness (QED) is 0.850. The van der Waals surface area contributed by atoms with Crippen LogP contribution < -0.4 is 4.72 Å². The van der Waals surface area contributed by atoms with Crippen LogP contribution >= 0.6 is 0 Å². The van der Waals surface area contributed by atoms with E-state index in [1.807, 2.05) is 4.90 Å². The van der Waals surface area contributed by atoms with Crippen molar-refractivity contribution in [2.45, 2.75) is 56.5 Å². The zero-order valence-corrected chi connectivity index (χ0v) is 16.5. The summed E-state index contributed by atoms with van der Waals surface area (Å²) in [6.45, 7) is 7.37. The van der Waals surface area contributed by atoms with Crippen molar-refractivity contribution >= 4 is 15.9 Å². The fraction of sp³-hybridized carbons (Fsp3) is 0.632. The van der Waals surface area contributed by atoms with Gasteiger partial charge < -0.3 is 4.90 Å². The molecule has 1 aliphatic carbocycles. The number of rotatable bonds is 5. The van der Waals surface area contributed by atoms with Crippen molar-refractivity contribution in [3.8, 4) is 0 Å². The zero-order valence-electron chi connectivity index (χ0n) is 15.6. The summed E-state index contributed by atoms with van der Waals surface area (Å²) in [5, 5.41) is 0. The van der Waals surface area contributed by atoms with Crippen molar-refractivity contribution in [1.82, 2.24) is 14.5 Å². The maximum absolute atomic E-state index is 12.8. The van der Waals surface area contributed by atoms with Gasteiger partial charge in [-0.15, -0.1) is 0 Å². The summed E-state index contributed by atoms with van der Waals surface area (Å²) in [5.74, 6) is -0.0914. The van der Waals surface area contributed by atoms with Gasteiger partial charge in [-0.2, -0.15) is 0 Å². The van der Waals surface area contributed by atoms with E-state index in [1.54, 1.807) is 18.2 Å².